The van der Waals surface area contributed by atoms with Crippen LogP contribution in [0.3, 0.4) is 0 Å². The Morgan fingerprint density at radius 3 is 2.42 bits per heavy atom. The third kappa shape index (κ3) is 4.03. The summed E-state index contributed by atoms with van der Waals surface area (Å²) in [6.45, 7) is 2.44. The van der Waals surface area contributed by atoms with Gasteiger partial charge in [0.1, 0.15) is 0 Å². The minimum Gasteiger partial charge on any atom is -0.381 e. The molecule has 0 spiro atoms. The van der Waals surface area contributed by atoms with Gasteiger partial charge in [-0.25, -0.2) is 8.42 Å². The van der Waals surface area contributed by atoms with Crippen molar-refractivity contribution in [1.82, 2.24) is 4.90 Å². The summed E-state index contributed by atoms with van der Waals surface area (Å²) < 4.78 is 29.6. The first kappa shape index (κ1) is 14.5. The summed E-state index contributed by atoms with van der Waals surface area (Å²) in [5.74, 6) is 0.189. The number of likely N-dealkylation sites (tertiary alicyclic amines) is 1. The molecule has 0 bridgehead atoms. The monoisotopic (exact) mass is 283 g/mol. The van der Waals surface area contributed by atoms with E-state index in [1.165, 1.54) is 0 Å². The second-order valence-corrected chi connectivity index (χ2v) is 7.02. The van der Waals surface area contributed by atoms with Gasteiger partial charge in [-0.05, 0) is 25.0 Å². The standard InChI is InChI=1S/C14H21NO3S/c1-18-13-7-9-15(10-8-13)11-12-19(16,17)14-5-3-2-4-6-14/h2-6,13H,7-12H2,1H3. The predicted octanol–water partition coefficient (Wildman–Crippen LogP) is 1.57. The minimum absolute atomic E-state index is 0.189. The molecular weight excluding hydrogens is 262 g/mol. The van der Waals surface area contributed by atoms with Gasteiger partial charge >= 0.3 is 0 Å². The molecule has 1 aliphatic heterocycles. The van der Waals surface area contributed by atoms with Crippen LogP contribution in [-0.4, -0.2) is 51.9 Å². The molecule has 5 heteroatoms. The lowest BCUT2D eigenvalue weighted by atomic mass is 10.1. The van der Waals surface area contributed by atoms with Crippen molar-refractivity contribution in [3.8, 4) is 0 Å². The summed E-state index contributed by atoms with van der Waals surface area (Å²) in [4.78, 5) is 2.62. The summed E-state index contributed by atoms with van der Waals surface area (Å²) >= 11 is 0. The average molecular weight is 283 g/mol. The van der Waals surface area contributed by atoms with E-state index in [2.05, 4.69) is 4.90 Å². The van der Waals surface area contributed by atoms with Gasteiger partial charge < -0.3 is 9.64 Å². The van der Waals surface area contributed by atoms with Crippen molar-refractivity contribution < 1.29 is 13.2 Å². The average Bonchev–Trinajstić information content (AvgIpc) is 2.47. The number of methoxy groups -OCH3 is 1. The van der Waals surface area contributed by atoms with E-state index in [0.717, 1.165) is 25.9 Å². The summed E-state index contributed by atoms with van der Waals surface area (Å²) in [5, 5.41) is 0. The van der Waals surface area contributed by atoms with Crippen LogP contribution < -0.4 is 0 Å². The molecule has 0 aliphatic carbocycles. The molecule has 106 valence electrons. The van der Waals surface area contributed by atoms with Crippen molar-refractivity contribution in [1.29, 1.82) is 0 Å². The number of ether oxygens (including phenoxy) is 1. The Kier molecular flexibility index (Phi) is 4.96. The maximum absolute atomic E-state index is 12.1. The van der Waals surface area contributed by atoms with Crippen LogP contribution in [0.1, 0.15) is 12.8 Å². The van der Waals surface area contributed by atoms with Crippen molar-refractivity contribution in [2.24, 2.45) is 0 Å². The second kappa shape index (κ2) is 6.50. The van der Waals surface area contributed by atoms with Crippen molar-refractivity contribution in [3.63, 3.8) is 0 Å². The van der Waals surface area contributed by atoms with Gasteiger partial charge in [0.15, 0.2) is 9.84 Å². The highest BCUT2D eigenvalue weighted by Crippen LogP contribution is 2.14. The van der Waals surface area contributed by atoms with Gasteiger partial charge in [-0.3, -0.25) is 0 Å². The van der Waals surface area contributed by atoms with E-state index in [-0.39, 0.29) is 5.75 Å². The van der Waals surface area contributed by atoms with E-state index >= 15 is 0 Å². The first-order valence-electron chi connectivity index (χ1n) is 6.65. The van der Waals surface area contributed by atoms with Gasteiger partial charge in [-0.2, -0.15) is 0 Å². The number of piperidine rings is 1. The fourth-order valence-electron chi connectivity index (χ4n) is 2.36. The first-order valence-corrected chi connectivity index (χ1v) is 8.30. The Balaban J connectivity index is 1.86. The Labute approximate surface area is 115 Å². The Hall–Kier alpha value is -0.910. The van der Waals surface area contributed by atoms with Gasteiger partial charge in [0, 0.05) is 26.7 Å². The first-order chi connectivity index (χ1) is 9.12. The fourth-order valence-corrected chi connectivity index (χ4v) is 3.67. The lowest BCUT2D eigenvalue weighted by Crippen LogP contribution is -2.39. The van der Waals surface area contributed by atoms with E-state index in [9.17, 15) is 8.42 Å². The molecule has 1 saturated heterocycles. The SMILES string of the molecule is COC1CCN(CCS(=O)(=O)c2ccccc2)CC1. The fraction of sp³-hybridized carbons (Fsp3) is 0.571. The van der Waals surface area contributed by atoms with Gasteiger partial charge in [0.05, 0.1) is 16.8 Å². The molecule has 4 nitrogen and oxygen atoms in total. The maximum Gasteiger partial charge on any atom is 0.179 e. The van der Waals surface area contributed by atoms with E-state index in [0.29, 0.717) is 17.5 Å². The van der Waals surface area contributed by atoms with Crippen molar-refractivity contribution >= 4 is 9.84 Å². The smallest absolute Gasteiger partial charge is 0.179 e. The third-order valence-electron chi connectivity index (χ3n) is 3.65. The molecule has 2 rings (SSSR count). The number of hydrogen-bond acceptors (Lipinski definition) is 4. The van der Waals surface area contributed by atoms with Gasteiger partial charge in [-0.15, -0.1) is 0 Å². The largest absolute Gasteiger partial charge is 0.381 e. The number of sulfone groups is 1. The van der Waals surface area contributed by atoms with Crippen LogP contribution in [0.15, 0.2) is 35.2 Å². The van der Waals surface area contributed by atoms with Crippen molar-refractivity contribution in [3.05, 3.63) is 30.3 Å². The molecule has 0 saturated carbocycles. The van der Waals surface area contributed by atoms with Crippen LogP contribution in [0, 0.1) is 0 Å². The molecule has 19 heavy (non-hydrogen) atoms. The van der Waals surface area contributed by atoms with Gasteiger partial charge in [0.25, 0.3) is 0 Å². The molecule has 1 heterocycles. The number of rotatable bonds is 5. The lowest BCUT2D eigenvalue weighted by molar-refractivity contribution is 0.0429. The number of hydrogen-bond donors (Lipinski definition) is 0. The van der Waals surface area contributed by atoms with Crippen LogP contribution in [0.2, 0.25) is 0 Å². The summed E-state index contributed by atoms with van der Waals surface area (Å²) in [6.07, 6.45) is 2.31. The minimum atomic E-state index is -3.15. The molecule has 0 radical (unpaired) electrons. The van der Waals surface area contributed by atoms with Crippen LogP contribution in [0.4, 0.5) is 0 Å². The third-order valence-corrected chi connectivity index (χ3v) is 5.36. The zero-order valence-electron chi connectivity index (χ0n) is 11.3. The van der Waals surface area contributed by atoms with E-state index < -0.39 is 9.84 Å². The zero-order chi connectivity index (χ0) is 13.7. The molecule has 0 amide bonds. The second-order valence-electron chi connectivity index (χ2n) is 4.91. The molecular formula is C14H21NO3S. The maximum atomic E-state index is 12.1. The Morgan fingerprint density at radius 2 is 1.84 bits per heavy atom. The van der Waals surface area contributed by atoms with Crippen LogP contribution in [0.25, 0.3) is 0 Å². The molecule has 1 aromatic rings. The molecule has 0 unspecified atom stereocenters. The molecule has 1 aromatic carbocycles. The quantitative estimate of drug-likeness (QED) is 0.823. The molecule has 0 aromatic heterocycles. The van der Waals surface area contributed by atoms with Crippen molar-refractivity contribution in [2.45, 2.75) is 23.8 Å². The van der Waals surface area contributed by atoms with E-state index in [1.807, 2.05) is 6.07 Å². The molecule has 0 atom stereocenters. The Morgan fingerprint density at radius 1 is 1.21 bits per heavy atom. The Bertz CT molecular complexity index is 479. The number of nitrogens with zero attached hydrogens (tertiary/aromatic N) is 1. The van der Waals surface area contributed by atoms with Gasteiger partial charge in [-0.1, -0.05) is 18.2 Å². The number of benzene rings is 1. The highest BCUT2D eigenvalue weighted by molar-refractivity contribution is 7.91. The van der Waals surface area contributed by atoms with Crippen molar-refractivity contribution in [2.75, 3.05) is 32.5 Å². The molecule has 0 N–H and O–H groups in total. The van der Waals surface area contributed by atoms with Crippen LogP contribution in [-0.2, 0) is 14.6 Å². The van der Waals surface area contributed by atoms with E-state index in [4.69, 9.17) is 4.74 Å². The zero-order valence-corrected chi connectivity index (χ0v) is 12.1. The predicted molar refractivity (Wildman–Crippen MR) is 75.0 cm³/mol. The summed E-state index contributed by atoms with van der Waals surface area (Å²) in [6, 6.07) is 8.67. The molecule has 1 aliphatic rings. The molecule has 1 fully saturated rings. The normalized spacial score (nSPS) is 18.6. The highest BCUT2D eigenvalue weighted by Gasteiger charge is 2.21. The summed E-state index contributed by atoms with van der Waals surface area (Å²) in [7, 11) is -1.42. The van der Waals surface area contributed by atoms with Gasteiger partial charge in [0.2, 0.25) is 0 Å². The topological polar surface area (TPSA) is 46.6 Å². The lowest BCUT2D eigenvalue weighted by Gasteiger charge is -2.30. The van der Waals surface area contributed by atoms with E-state index in [1.54, 1.807) is 31.4 Å². The van der Waals surface area contributed by atoms with Crippen LogP contribution in [0.5, 0.6) is 0 Å². The highest BCUT2D eigenvalue weighted by atomic mass is 32.2. The summed E-state index contributed by atoms with van der Waals surface area (Å²) in [5.41, 5.74) is 0. The van der Waals surface area contributed by atoms with Crippen LogP contribution >= 0.6 is 0 Å².